The van der Waals surface area contributed by atoms with E-state index in [1.54, 1.807) is 0 Å². The largest absolute Gasteiger partial charge is 0.314 e. The fourth-order valence-electron chi connectivity index (χ4n) is 1.26. The van der Waals surface area contributed by atoms with Crippen molar-refractivity contribution in [2.45, 2.75) is 10.5 Å². The van der Waals surface area contributed by atoms with E-state index in [1.165, 1.54) is 0 Å². The Balaban J connectivity index is 2.07. The van der Waals surface area contributed by atoms with E-state index in [1.807, 2.05) is 0 Å². The lowest BCUT2D eigenvalue weighted by Crippen LogP contribution is -2.61. The average Bonchev–Trinajstić information content (AvgIpc) is 1.46. The highest BCUT2D eigenvalue weighted by molar-refractivity contribution is 7.92. The van der Waals surface area contributed by atoms with Crippen molar-refractivity contribution in [1.29, 1.82) is 0 Å². The summed E-state index contributed by atoms with van der Waals surface area (Å²) in [6.07, 6.45) is 0. The van der Waals surface area contributed by atoms with Crippen LogP contribution in [0.1, 0.15) is 0 Å². The fraction of sp³-hybridized carbons (Fsp3) is 1.00. The second-order valence-electron chi connectivity index (χ2n) is 3.15. The Morgan fingerprint density at radius 2 is 1.27 bits per heavy atom. The molecular formula is C6H12N2O2S. The van der Waals surface area contributed by atoms with E-state index in [0.717, 1.165) is 0 Å². The summed E-state index contributed by atoms with van der Waals surface area (Å²) in [4.78, 5) is 0. The highest BCUT2D eigenvalue weighted by atomic mass is 32.2. The van der Waals surface area contributed by atoms with Crippen molar-refractivity contribution < 1.29 is 8.42 Å². The monoisotopic (exact) mass is 176 g/mol. The van der Waals surface area contributed by atoms with Gasteiger partial charge in [-0.1, -0.05) is 0 Å². The molecule has 0 unspecified atom stereocenters. The molecule has 64 valence electrons. The van der Waals surface area contributed by atoms with Gasteiger partial charge >= 0.3 is 0 Å². The topological polar surface area (TPSA) is 58.2 Å². The first-order valence-corrected chi connectivity index (χ1v) is 5.46. The smallest absolute Gasteiger partial charge is 0.161 e. The van der Waals surface area contributed by atoms with Gasteiger partial charge in [0, 0.05) is 26.2 Å². The Kier molecular flexibility index (Phi) is 1.66. The fourth-order valence-corrected chi connectivity index (χ4v) is 3.21. The van der Waals surface area contributed by atoms with Crippen molar-refractivity contribution in [3.05, 3.63) is 0 Å². The molecule has 0 atom stereocenters. The van der Waals surface area contributed by atoms with E-state index in [2.05, 4.69) is 10.6 Å². The van der Waals surface area contributed by atoms with Gasteiger partial charge in [-0.25, -0.2) is 8.42 Å². The van der Waals surface area contributed by atoms with Crippen LogP contribution in [0, 0.1) is 0 Å². The van der Waals surface area contributed by atoms with E-state index < -0.39 is 9.84 Å². The van der Waals surface area contributed by atoms with Gasteiger partial charge in [-0.2, -0.15) is 0 Å². The number of hydrogen-bond acceptors (Lipinski definition) is 4. The highest BCUT2D eigenvalue weighted by Crippen LogP contribution is 2.15. The summed E-state index contributed by atoms with van der Waals surface area (Å²) in [6.45, 7) is 2.61. The zero-order valence-electron chi connectivity index (χ0n) is 6.21. The maximum atomic E-state index is 11.5. The number of hydrogen-bond donors (Lipinski definition) is 2. The highest BCUT2D eigenvalue weighted by Gasteiger charge is 2.40. The predicted octanol–water partition coefficient (Wildman–Crippen LogP) is -1.66. The van der Waals surface area contributed by atoms with Crippen molar-refractivity contribution in [2.24, 2.45) is 0 Å². The maximum Gasteiger partial charge on any atom is 0.161 e. The molecule has 0 radical (unpaired) electrons. The van der Waals surface area contributed by atoms with E-state index in [0.29, 0.717) is 26.2 Å². The van der Waals surface area contributed by atoms with Crippen LogP contribution in [0.25, 0.3) is 0 Å². The second-order valence-corrected chi connectivity index (χ2v) is 5.66. The predicted molar refractivity (Wildman–Crippen MR) is 42.2 cm³/mol. The molecule has 4 nitrogen and oxygen atoms in total. The molecule has 2 saturated heterocycles. The van der Waals surface area contributed by atoms with Crippen LogP contribution in [0.4, 0.5) is 0 Å². The van der Waals surface area contributed by atoms with Crippen LogP contribution in [0.2, 0.25) is 0 Å². The lowest BCUT2D eigenvalue weighted by atomic mass is 10.3. The maximum absolute atomic E-state index is 11.5. The van der Waals surface area contributed by atoms with Gasteiger partial charge in [-0.15, -0.1) is 0 Å². The van der Waals surface area contributed by atoms with Crippen molar-refractivity contribution in [3.63, 3.8) is 0 Å². The first kappa shape index (κ1) is 7.52. The standard InChI is InChI=1S/C6H12N2O2S/c9-11(10,5-1-7-2-5)6-3-8-4-6/h5-8H,1-4H2. The molecule has 2 aliphatic heterocycles. The van der Waals surface area contributed by atoms with E-state index >= 15 is 0 Å². The molecule has 2 N–H and O–H groups in total. The van der Waals surface area contributed by atoms with Gasteiger partial charge in [0.25, 0.3) is 0 Å². The summed E-state index contributed by atoms with van der Waals surface area (Å²) in [5.41, 5.74) is 0. The number of rotatable bonds is 2. The summed E-state index contributed by atoms with van der Waals surface area (Å²) in [5, 5.41) is 5.74. The molecular weight excluding hydrogens is 164 g/mol. The van der Waals surface area contributed by atoms with Gasteiger partial charge in [0.15, 0.2) is 9.84 Å². The van der Waals surface area contributed by atoms with Gasteiger partial charge in [0.1, 0.15) is 0 Å². The number of sulfone groups is 1. The minimum absolute atomic E-state index is 0.102. The van der Waals surface area contributed by atoms with Crippen LogP contribution in [-0.4, -0.2) is 45.1 Å². The van der Waals surface area contributed by atoms with Crippen LogP contribution >= 0.6 is 0 Å². The molecule has 0 aliphatic carbocycles. The molecule has 0 aromatic carbocycles. The van der Waals surface area contributed by atoms with Crippen molar-refractivity contribution in [1.82, 2.24) is 10.6 Å². The first-order valence-electron chi connectivity index (χ1n) is 3.85. The van der Waals surface area contributed by atoms with Crippen LogP contribution in [-0.2, 0) is 9.84 Å². The van der Waals surface area contributed by atoms with Gasteiger partial charge in [0.2, 0.25) is 0 Å². The van der Waals surface area contributed by atoms with Crippen LogP contribution < -0.4 is 10.6 Å². The third-order valence-corrected chi connectivity index (χ3v) is 4.94. The molecule has 5 heteroatoms. The van der Waals surface area contributed by atoms with Gasteiger partial charge in [-0.3, -0.25) is 0 Å². The summed E-state index contributed by atoms with van der Waals surface area (Å²) < 4.78 is 23.0. The van der Waals surface area contributed by atoms with Crippen molar-refractivity contribution in [3.8, 4) is 0 Å². The molecule has 2 aliphatic rings. The zero-order valence-corrected chi connectivity index (χ0v) is 7.02. The SMILES string of the molecule is O=S(=O)(C1CNC1)C1CNC1. The van der Waals surface area contributed by atoms with Gasteiger partial charge < -0.3 is 10.6 Å². The quantitative estimate of drug-likeness (QED) is 0.529. The van der Waals surface area contributed by atoms with Gasteiger partial charge in [-0.05, 0) is 0 Å². The third kappa shape index (κ3) is 1.07. The molecule has 0 spiro atoms. The molecule has 0 aromatic rings. The summed E-state index contributed by atoms with van der Waals surface area (Å²) in [6, 6.07) is 0. The van der Waals surface area contributed by atoms with E-state index in [-0.39, 0.29) is 10.5 Å². The average molecular weight is 176 g/mol. The van der Waals surface area contributed by atoms with Crippen molar-refractivity contribution in [2.75, 3.05) is 26.2 Å². The zero-order chi connectivity index (χ0) is 7.90. The molecule has 2 rings (SSSR count). The normalized spacial score (nSPS) is 27.6. The summed E-state index contributed by atoms with van der Waals surface area (Å²) in [5.74, 6) is 0. The molecule has 11 heavy (non-hydrogen) atoms. The Morgan fingerprint density at radius 1 is 0.909 bits per heavy atom. The van der Waals surface area contributed by atoms with Crippen LogP contribution in [0.3, 0.4) is 0 Å². The Morgan fingerprint density at radius 3 is 1.45 bits per heavy atom. The van der Waals surface area contributed by atoms with Gasteiger partial charge in [0.05, 0.1) is 10.5 Å². The second kappa shape index (κ2) is 2.43. The minimum Gasteiger partial charge on any atom is -0.314 e. The third-order valence-electron chi connectivity index (χ3n) is 2.42. The van der Waals surface area contributed by atoms with E-state index in [9.17, 15) is 8.42 Å². The lowest BCUT2D eigenvalue weighted by molar-refractivity contribution is 0.454. The van der Waals surface area contributed by atoms with Crippen LogP contribution in [0.15, 0.2) is 0 Å². The molecule has 0 bridgehead atoms. The summed E-state index contributed by atoms with van der Waals surface area (Å²) >= 11 is 0. The minimum atomic E-state index is -2.79. The molecule has 2 fully saturated rings. The molecule has 2 heterocycles. The van der Waals surface area contributed by atoms with Crippen LogP contribution in [0.5, 0.6) is 0 Å². The first-order chi connectivity index (χ1) is 5.21. The van der Waals surface area contributed by atoms with Crippen molar-refractivity contribution >= 4 is 9.84 Å². The Hall–Kier alpha value is -0.130. The molecule has 0 saturated carbocycles. The Bertz CT molecular complexity index is 221. The summed E-state index contributed by atoms with van der Waals surface area (Å²) in [7, 11) is -2.79. The molecule has 0 amide bonds. The van der Waals surface area contributed by atoms with E-state index in [4.69, 9.17) is 0 Å². The lowest BCUT2D eigenvalue weighted by Gasteiger charge is -2.35. The molecule has 0 aromatic heterocycles. The number of nitrogens with one attached hydrogen (secondary N) is 2. The Labute approximate surface area is 66.3 Å².